The van der Waals surface area contributed by atoms with E-state index in [1.165, 1.54) is 0 Å². The second-order valence-corrected chi connectivity index (χ2v) is 6.69. The van der Waals surface area contributed by atoms with Crippen molar-refractivity contribution < 1.29 is 14.3 Å². The number of nitrogens with two attached hydrogens (primary N) is 1. The second-order valence-electron chi connectivity index (χ2n) is 6.69. The summed E-state index contributed by atoms with van der Waals surface area (Å²) in [5.41, 5.74) is 5.85. The predicted molar refractivity (Wildman–Crippen MR) is 100 cm³/mol. The van der Waals surface area contributed by atoms with Crippen LogP contribution in [0.15, 0.2) is 48.5 Å². The van der Waals surface area contributed by atoms with E-state index in [4.69, 9.17) is 10.5 Å². The van der Waals surface area contributed by atoms with Crippen molar-refractivity contribution in [3.05, 3.63) is 54.1 Å². The molecule has 1 heterocycles. The van der Waals surface area contributed by atoms with Gasteiger partial charge in [-0.1, -0.05) is 6.07 Å². The molecule has 1 atom stereocenters. The fourth-order valence-corrected chi connectivity index (χ4v) is 2.97. The highest BCUT2D eigenvalue weighted by molar-refractivity contribution is 5.98. The van der Waals surface area contributed by atoms with E-state index in [9.17, 15) is 9.59 Å². The first-order valence-electron chi connectivity index (χ1n) is 8.71. The minimum absolute atomic E-state index is 0.0278. The van der Waals surface area contributed by atoms with Crippen molar-refractivity contribution in [3.8, 4) is 11.5 Å². The zero-order valence-electron chi connectivity index (χ0n) is 14.7. The first kappa shape index (κ1) is 17.9. The maximum absolute atomic E-state index is 12.5. The number of rotatable bonds is 5. The van der Waals surface area contributed by atoms with E-state index < -0.39 is 11.4 Å². The van der Waals surface area contributed by atoms with Crippen LogP contribution in [0, 0.1) is 0 Å². The molecule has 0 saturated carbocycles. The van der Waals surface area contributed by atoms with E-state index in [-0.39, 0.29) is 5.91 Å². The first-order valence-corrected chi connectivity index (χ1v) is 8.71. The van der Waals surface area contributed by atoms with Gasteiger partial charge in [-0.2, -0.15) is 0 Å². The maximum atomic E-state index is 12.5. The topological polar surface area (TPSA) is 93.4 Å². The van der Waals surface area contributed by atoms with Gasteiger partial charge in [0, 0.05) is 11.3 Å². The number of carbonyl (C=O) groups is 2. The molecule has 26 heavy (non-hydrogen) atoms. The number of hydrogen-bond acceptors (Lipinski definition) is 4. The molecule has 0 spiro atoms. The van der Waals surface area contributed by atoms with Crippen molar-refractivity contribution in [3.63, 3.8) is 0 Å². The Balaban J connectivity index is 1.64. The first-order chi connectivity index (χ1) is 12.5. The summed E-state index contributed by atoms with van der Waals surface area (Å²) in [6, 6.07) is 13.8. The summed E-state index contributed by atoms with van der Waals surface area (Å²) in [5.74, 6) is 0.599. The van der Waals surface area contributed by atoms with Crippen LogP contribution < -0.4 is 21.1 Å². The quantitative estimate of drug-likeness (QED) is 0.770. The Morgan fingerprint density at radius 3 is 2.54 bits per heavy atom. The number of ether oxygens (including phenoxy) is 1. The van der Waals surface area contributed by atoms with Crippen molar-refractivity contribution in [1.82, 2.24) is 5.32 Å². The Morgan fingerprint density at radius 1 is 1.12 bits per heavy atom. The highest BCUT2D eigenvalue weighted by atomic mass is 16.5. The van der Waals surface area contributed by atoms with Crippen LogP contribution in [-0.2, 0) is 4.79 Å². The molecule has 1 fully saturated rings. The van der Waals surface area contributed by atoms with Gasteiger partial charge in [-0.3, -0.25) is 9.59 Å². The van der Waals surface area contributed by atoms with Gasteiger partial charge in [0.1, 0.15) is 11.5 Å². The Kier molecular flexibility index (Phi) is 5.23. The van der Waals surface area contributed by atoms with Crippen LogP contribution >= 0.6 is 0 Å². The third-order valence-electron chi connectivity index (χ3n) is 4.59. The Labute approximate surface area is 152 Å². The molecule has 136 valence electrons. The van der Waals surface area contributed by atoms with Crippen molar-refractivity contribution >= 4 is 17.5 Å². The van der Waals surface area contributed by atoms with E-state index in [1.807, 2.05) is 6.92 Å². The van der Waals surface area contributed by atoms with Gasteiger partial charge in [0.15, 0.2) is 0 Å². The zero-order chi connectivity index (χ0) is 18.6. The van der Waals surface area contributed by atoms with Crippen molar-refractivity contribution in [1.29, 1.82) is 0 Å². The zero-order valence-corrected chi connectivity index (χ0v) is 14.7. The molecule has 2 aromatic carbocycles. The number of amides is 2. The Hall–Kier alpha value is -2.86. The standard InChI is InChI=1S/C20H23N3O3/c1-20(11-2-3-12-22-20)19(25)23-15-7-9-16(10-8-15)26-17-6-4-5-14(13-17)18(21)24/h4-10,13,22H,2-3,11-12H2,1H3,(H2,21,24)(H,23,25). The van der Waals surface area contributed by atoms with Crippen LogP contribution in [0.1, 0.15) is 36.5 Å². The van der Waals surface area contributed by atoms with Gasteiger partial charge in [0.2, 0.25) is 11.8 Å². The van der Waals surface area contributed by atoms with Gasteiger partial charge in [-0.05, 0) is 75.2 Å². The van der Waals surface area contributed by atoms with Crippen molar-refractivity contribution in [2.75, 3.05) is 11.9 Å². The average Bonchev–Trinajstić information content (AvgIpc) is 2.64. The van der Waals surface area contributed by atoms with Crippen LogP contribution in [0.3, 0.4) is 0 Å². The molecule has 2 aromatic rings. The summed E-state index contributed by atoms with van der Waals surface area (Å²) >= 11 is 0. The molecule has 1 saturated heterocycles. The minimum atomic E-state index is -0.525. The lowest BCUT2D eigenvalue weighted by molar-refractivity contribution is -0.122. The summed E-state index contributed by atoms with van der Waals surface area (Å²) in [6.45, 7) is 2.80. The molecule has 6 heteroatoms. The third kappa shape index (κ3) is 4.21. The normalized spacial score (nSPS) is 19.6. The minimum Gasteiger partial charge on any atom is -0.457 e. The van der Waals surface area contributed by atoms with Gasteiger partial charge < -0.3 is 21.1 Å². The fraction of sp³-hybridized carbons (Fsp3) is 0.300. The molecular formula is C20H23N3O3. The van der Waals surface area contributed by atoms with Crippen LogP contribution in [0.25, 0.3) is 0 Å². The molecule has 0 aromatic heterocycles. The predicted octanol–water partition coefficient (Wildman–Crippen LogP) is 3.05. The summed E-state index contributed by atoms with van der Waals surface area (Å²) < 4.78 is 5.73. The monoisotopic (exact) mass is 353 g/mol. The smallest absolute Gasteiger partial charge is 0.248 e. The van der Waals surface area contributed by atoms with Crippen molar-refractivity contribution in [2.24, 2.45) is 5.73 Å². The highest BCUT2D eigenvalue weighted by Gasteiger charge is 2.34. The SMILES string of the molecule is CC1(C(=O)Nc2ccc(Oc3cccc(C(N)=O)c3)cc2)CCCCN1. The third-order valence-corrected chi connectivity index (χ3v) is 4.59. The maximum Gasteiger partial charge on any atom is 0.248 e. The number of benzene rings is 2. The summed E-state index contributed by atoms with van der Waals surface area (Å²) in [6.07, 6.45) is 2.98. The number of carbonyl (C=O) groups excluding carboxylic acids is 2. The summed E-state index contributed by atoms with van der Waals surface area (Å²) in [7, 11) is 0. The Bertz CT molecular complexity index is 796. The Morgan fingerprint density at radius 2 is 1.88 bits per heavy atom. The number of piperidine rings is 1. The molecule has 1 unspecified atom stereocenters. The second kappa shape index (κ2) is 7.58. The lowest BCUT2D eigenvalue weighted by atomic mass is 9.90. The summed E-state index contributed by atoms with van der Waals surface area (Å²) in [5, 5.41) is 6.25. The molecule has 1 aliphatic rings. The van der Waals surface area contributed by atoms with E-state index in [0.29, 0.717) is 22.7 Å². The van der Waals surface area contributed by atoms with E-state index in [2.05, 4.69) is 10.6 Å². The van der Waals surface area contributed by atoms with Crippen LogP contribution in [0.5, 0.6) is 11.5 Å². The lowest BCUT2D eigenvalue weighted by Crippen LogP contribution is -2.54. The van der Waals surface area contributed by atoms with Gasteiger partial charge in [0.05, 0.1) is 5.54 Å². The molecule has 4 N–H and O–H groups in total. The van der Waals surface area contributed by atoms with Gasteiger partial charge in [-0.15, -0.1) is 0 Å². The van der Waals surface area contributed by atoms with E-state index in [1.54, 1.807) is 48.5 Å². The number of hydrogen-bond donors (Lipinski definition) is 3. The molecule has 0 bridgehead atoms. The average molecular weight is 353 g/mol. The number of primary amides is 1. The van der Waals surface area contributed by atoms with E-state index >= 15 is 0 Å². The molecule has 1 aliphatic heterocycles. The summed E-state index contributed by atoms with van der Waals surface area (Å²) in [4.78, 5) is 23.7. The van der Waals surface area contributed by atoms with Crippen molar-refractivity contribution in [2.45, 2.75) is 31.7 Å². The lowest BCUT2D eigenvalue weighted by Gasteiger charge is -2.33. The van der Waals surface area contributed by atoms with Gasteiger partial charge in [-0.25, -0.2) is 0 Å². The number of nitrogens with one attached hydrogen (secondary N) is 2. The van der Waals surface area contributed by atoms with Gasteiger partial charge in [0.25, 0.3) is 0 Å². The van der Waals surface area contributed by atoms with Crippen LogP contribution in [0.4, 0.5) is 5.69 Å². The fourth-order valence-electron chi connectivity index (χ4n) is 2.97. The molecule has 0 radical (unpaired) electrons. The van der Waals surface area contributed by atoms with E-state index in [0.717, 1.165) is 25.8 Å². The molecule has 2 amide bonds. The van der Waals surface area contributed by atoms with Crippen LogP contribution in [-0.4, -0.2) is 23.9 Å². The molecule has 0 aliphatic carbocycles. The molecule has 6 nitrogen and oxygen atoms in total. The molecule has 3 rings (SSSR count). The number of anilines is 1. The van der Waals surface area contributed by atoms with Gasteiger partial charge >= 0.3 is 0 Å². The van der Waals surface area contributed by atoms with Crippen LogP contribution in [0.2, 0.25) is 0 Å². The molecular weight excluding hydrogens is 330 g/mol. The highest BCUT2D eigenvalue weighted by Crippen LogP contribution is 2.25. The largest absolute Gasteiger partial charge is 0.457 e.